The quantitative estimate of drug-likeness (QED) is 0.750. The lowest BCUT2D eigenvalue weighted by Crippen LogP contribution is -2.51. The minimum absolute atomic E-state index is 0.219. The predicted octanol–water partition coefficient (Wildman–Crippen LogP) is -0.334. The number of hydrogen-bond acceptors (Lipinski definition) is 5. The lowest BCUT2D eigenvalue weighted by molar-refractivity contribution is 0.140. The number of anilines is 1. The first kappa shape index (κ1) is 10.4. The topological polar surface area (TPSA) is 70.5 Å². The predicted molar refractivity (Wildman–Crippen MR) is 55.6 cm³/mol. The second kappa shape index (κ2) is 3.46. The van der Waals surface area contributed by atoms with Crippen LogP contribution >= 0.6 is 0 Å². The van der Waals surface area contributed by atoms with Crippen molar-refractivity contribution in [2.24, 2.45) is 0 Å². The van der Waals surface area contributed by atoms with Gasteiger partial charge in [0.15, 0.2) is 9.84 Å². The Morgan fingerprint density at radius 2 is 2.20 bits per heavy atom. The number of aromatic nitrogens is 1. The van der Waals surface area contributed by atoms with Gasteiger partial charge in [0.25, 0.3) is 0 Å². The normalized spacial score (nSPS) is 17.6. The Bertz CT molecular complexity index is 466. The van der Waals surface area contributed by atoms with Crippen LogP contribution in [-0.4, -0.2) is 44.0 Å². The summed E-state index contributed by atoms with van der Waals surface area (Å²) in [7, 11) is -3.26. The number of nitrogens with zero attached hydrogens (tertiary/aromatic N) is 2. The number of aliphatic hydroxyl groups is 1. The van der Waals surface area contributed by atoms with Gasteiger partial charge in [-0.2, -0.15) is 0 Å². The van der Waals surface area contributed by atoms with Gasteiger partial charge in [-0.25, -0.2) is 13.4 Å². The van der Waals surface area contributed by atoms with Crippen LogP contribution in [0.4, 0.5) is 5.82 Å². The van der Waals surface area contributed by atoms with Crippen LogP contribution in [0.15, 0.2) is 23.2 Å². The molecular formula is C9H12N2O3S. The summed E-state index contributed by atoms with van der Waals surface area (Å²) in [6, 6.07) is 3.12. The molecular weight excluding hydrogens is 216 g/mol. The SMILES string of the molecule is CS(=O)(=O)c1cccnc1N1CC(O)C1. The molecule has 1 aliphatic rings. The zero-order valence-electron chi connectivity index (χ0n) is 8.29. The van der Waals surface area contributed by atoms with Gasteiger partial charge in [-0.15, -0.1) is 0 Å². The molecule has 15 heavy (non-hydrogen) atoms. The van der Waals surface area contributed by atoms with Gasteiger partial charge in [0.05, 0.1) is 6.10 Å². The number of aliphatic hydroxyl groups excluding tert-OH is 1. The highest BCUT2D eigenvalue weighted by atomic mass is 32.2. The van der Waals surface area contributed by atoms with Crippen molar-refractivity contribution in [3.05, 3.63) is 18.3 Å². The summed E-state index contributed by atoms with van der Waals surface area (Å²) >= 11 is 0. The molecule has 0 amide bonds. The van der Waals surface area contributed by atoms with E-state index in [0.717, 1.165) is 6.26 Å². The van der Waals surface area contributed by atoms with E-state index in [9.17, 15) is 8.42 Å². The molecule has 5 nitrogen and oxygen atoms in total. The smallest absolute Gasteiger partial charge is 0.179 e. The van der Waals surface area contributed by atoms with E-state index >= 15 is 0 Å². The molecule has 2 rings (SSSR count). The van der Waals surface area contributed by atoms with E-state index in [4.69, 9.17) is 5.11 Å². The molecule has 0 aromatic carbocycles. The maximum atomic E-state index is 11.5. The van der Waals surface area contributed by atoms with Crippen LogP contribution in [0.1, 0.15) is 0 Å². The second-order valence-electron chi connectivity index (χ2n) is 3.66. The van der Waals surface area contributed by atoms with Gasteiger partial charge in [0.2, 0.25) is 0 Å². The van der Waals surface area contributed by atoms with E-state index in [1.165, 1.54) is 6.07 Å². The largest absolute Gasteiger partial charge is 0.389 e. The minimum Gasteiger partial charge on any atom is -0.389 e. The first-order chi connectivity index (χ1) is 6.98. The standard InChI is InChI=1S/C9H12N2O3S/c1-15(13,14)8-3-2-4-10-9(8)11-5-7(12)6-11/h2-4,7,12H,5-6H2,1H3. The Hall–Kier alpha value is -1.14. The average Bonchev–Trinajstić information content (AvgIpc) is 2.12. The highest BCUT2D eigenvalue weighted by Crippen LogP contribution is 2.25. The lowest BCUT2D eigenvalue weighted by atomic mass is 10.2. The fourth-order valence-corrected chi connectivity index (χ4v) is 2.38. The minimum atomic E-state index is -3.26. The third kappa shape index (κ3) is 1.95. The summed E-state index contributed by atoms with van der Waals surface area (Å²) in [5.74, 6) is 0.435. The summed E-state index contributed by atoms with van der Waals surface area (Å²) in [5.41, 5.74) is 0. The number of hydrogen-bond donors (Lipinski definition) is 1. The lowest BCUT2D eigenvalue weighted by Gasteiger charge is -2.37. The van der Waals surface area contributed by atoms with E-state index in [1.807, 2.05) is 0 Å². The van der Waals surface area contributed by atoms with Crippen molar-refractivity contribution < 1.29 is 13.5 Å². The average molecular weight is 228 g/mol. The Kier molecular flexibility index (Phi) is 2.40. The Morgan fingerprint density at radius 1 is 1.53 bits per heavy atom. The van der Waals surface area contributed by atoms with Gasteiger partial charge in [-0.3, -0.25) is 0 Å². The molecule has 1 fully saturated rings. The van der Waals surface area contributed by atoms with Crippen LogP contribution in [0, 0.1) is 0 Å². The van der Waals surface area contributed by atoms with Crippen molar-refractivity contribution in [1.82, 2.24) is 4.98 Å². The summed E-state index contributed by atoms with van der Waals surface area (Å²) in [4.78, 5) is 6.01. The number of rotatable bonds is 2. The van der Waals surface area contributed by atoms with Crippen LogP contribution in [0.2, 0.25) is 0 Å². The first-order valence-corrected chi connectivity index (χ1v) is 6.46. The van der Waals surface area contributed by atoms with Crippen molar-refractivity contribution >= 4 is 15.7 Å². The van der Waals surface area contributed by atoms with Gasteiger partial charge in [0.1, 0.15) is 10.7 Å². The van der Waals surface area contributed by atoms with Crippen LogP contribution in [0.5, 0.6) is 0 Å². The number of sulfone groups is 1. The molecule has 1 saturated heterocycles. The van der Waals surface area contributed by atoms with Gasteiger partial charge in [0, 0.05) is 25.5 Å². The molecule has 1 aliphatic heterocycles. The van der Waals surface area contributed by atoms with Gasteiger partial charge < -0.3 is 10.0 Å². The Morgan fingerprint density at radius 3 is 2.73 bits per heavy atom. The molecule has 0 bridgehead atoms. The van der Waals surface area contributed by atoms with Crippen molar-refractivity contribution in [2.75, 3.05) is 24.2 Å². The molecule has 0 spiro atoms. The highest BCUT2D eigenvalue weighted by Gasteiger charge is 2.29. The van der Waals surface area contributed by atoms with E-state index < -0.39 is 9.84 Å². The first-order valence-electron chi connectivity index (χ1n) is 4.56. The van der Waals surface area contributed by atoms with Crippen molar-refractivity contribution in [2.45, 2.75) is 11.0 Å². The molecule has 6 heteroatoms. The molecule has 0 saturated carbocycles. The van der Waals surface area contributed by atoms with Crippen LogP contribution in [0.3, 0.4) is 0 Å². The fourth-order valence-electron chi connectivity index (χ4n) is 1.54. The molecule has 0 aliphatic carbocycles. The molecule has 0 unspecified atom stereocenters. The molecule has 1 aromatic heterocycles. The molecule has 2 heterocycles. The van der Waals surface area contributed by atoms with Gasteiger partial charge in [-0.1, -0.05) is 0 Å². The van der Waals surface area contributed by atoms with Gasteiger partial charge >= 0.3 is 0 Å². The summed E-state index contributed by atoms with van der Waals surface area (Å²) < 4.78 is 22.9. The molecule has 82 valence electrons. The van der Waals surface area contributed by atoms with E-state index in [-0.39, 0.29) is 11.0 Å². The number of β-amino-alcohol motifs (C(OH)–C–C–N with tert-alkyl or cyclic N) is 1. The number of pyridine rings is 1. The zero-order chi connectivity index (χ0) is 11.1. The second-order valence-corrected chi connectivity index (χ2v) is 5.64. The molecule has 1 N–H and O–H groups in total. The Balaban J connectivity index is 2.39. The maximum absolute atomic E-state index is 11.5. The van der Waals surface area contributed by atoms with Gasteiger partial charge in [-0.05, 0) is 12.1 Å². The van der Waals surface area contributed by atoms with Crippen molar-refractivity contribution in [3.63, 3.8) is 0 Å². The fraction of sp³-hybridized carbons (Fsp3) is 0.444. The van der Waals surface area contributed by atoms with Crippen LogP contribution in [0.25, 0.3) is 0 Å². The molecule has 0 radical (unpaired) electrons. The van der Waals surface area contributed by atoms with Crippen LogP contribution < -0.4 is 4.90 Å². The van der Waals surface area contributed by atoms with E-state index in [2.05, 4.69) is 4.98 Å². The van der Waals surface area contributed by atoms with E-state index in [0.29, 0.717) is 18.9 Å². The third-order valence-electron chi connectivity index (χ3n) is 2.31. The van der Waals surface area contributed by atoms with E-state index in [1.54, 1.807) is 17.2 Å². The van der Waals surface area contributed by atoms with Crippen molar-refractivity contribution in [3.8, 4) is 0 Å². The molecule has 1 aromatic rings. The monoisotopic (exact) mass is 228 g/mol. The maximum Gasteiger partial charge on any atom is 0.179 e. The van der Waals surface area contributed by atoms with Crippen LogP contribution in [-0.2, 0) is 9.84 Å². The Labute approximate surface area is 88.3 Å². The zero-order valence-corrected chi connectivity index (χ0v) is 9.11. The summed E-state index contributed by atoms with van der Waals surface area (Å²) in [6.07, 6.45) is 2.33. The summed E-state index contributed by atoms with van der Waals surface area (Å²) in [5, 5.41) is 9.15. The molecule has 0 atom stereocenters. The summed E-state index contributed by atoms with van der Waals surface area (Å²) in [6.45, 7) is 0.888. The highest BCUT2D eigenvalue weighted by molar-refractivity contribution is 7.90. The third-order valence-corrected chi connectivity index (χ3v) is 3.43. The van der Waals surface area contributed by atoms with Crippen molar-refractivity contribution in [1.29, 1.82) is 0 Å².